The van der Waals surface area contributed by atoms with Crippen molar-refractivity contribution in [2.45, 2.75) is 51.3 Å². The summed E-state index contributed by atoms with van der Waals surface area (Å²) in [6.45, 7) is 6.04. The van der Waals surface area contributed by atoms with E-state index in [1.807, 2.05) is 0 Å². The Kier molecular flexibility index (Phi) is 4.85. The summed E-state index contributed by atoms with van der Waals surface area (Å²) < 4.78 is 5.09. The minimum absolute atomic E-state index is 0.130. The lowest BCUT2D eigenvalue weighted by Gasteiger charge is -2.34. The molecule has 0 aliphatic heterocycles. The quantitative estimate of drug-likeness (QED) is 0.727. The van der Waals surface area contributed by atoms with Gasteiger partial charge in [-0.2, -0.15) is 0 Å². The summed E-state index contributed by atoms with van der Waals surface area (Å²) in [6.07, 6.45) is 3.11. The molecule has 1 fully saturated rings. The van der Waals surface area contributed by atoms with Crippen LogP contribution in [-0.2, 0) is 4.74 Å². The molecule has 1 aliphatic rings. The van der Waals surface area contributed by atoms with Gasteiger partial charge < -0.3 is 9.84 Å². The van der Waals surface area contributed by atoms with Gasteiger partial charge >= 0.3 is 0 Å². The molecular weight excluding hydrogens is 178 g/mol. The topological polar surface area (TPSA) is 32.7 Å². The van der Waals surface area contributed by atoms with Gasteiger partial charge in [0, 0.05) is 25.7 Å². The molecule has 3 nitrogen and oxygen atoms in total. The minimum atomic E-state index is -0.130. The number of nitrogens with zero attached hydrogens (tertiary/aromatic N) is 1. The van der Waals surface area contributed by atoms with Crippen LogP contribution in [0.3, 0.4) is 0 Å². The van der Waals surface area contributed by atoms with E-state index in [9.17, 15) is 5.11 Å². The predicted molar refractivity (Wildman–Crippen MR) is 57.4 cm³/mol. The monoisotopic (exact) mass is 201 g/mol. The first-order valence-corrected chi connectivity index (χ1v) is 5.59. The van der Waals surface area contributed by atoms with Gasteiger partial charge in [-0.1, -0.05) is 0 Å². The fourth-order valence-electron chi connectivity index (χ4n) is 2.31. The molecule has 1 aliphatic carbocycles. The first kappa shape index (κ1) is 12.0. The number of hydrogen-bond donors (Lipinski definition) is 1. The Morgan fingerprint density at radius 2 is 2.14 bits per heavy atom. The fourth-order valence-corrected chi connectivity index (χ4v) is 2.31. The number of aliphatic hydroxyl groups excluding tert-OH is 1. The van der Waals surface area contributed by atoms with Gasteiger partial charge in [0.05, 0.1) is 12.7 Å². The van der Waals surface area contributed by atoms with Gasteiger partial charge in [-0.05, 0) is 33.1 Å². The van der Waals surface area contributed by atoms with E-state index in [2.05, 4.69) is 18.7 Å². The second-order valence-corrected chi connectivity index (χ2v) is 4.39. The average Bonchev–Trinajstić information content (AvgIpc) is 2.52. The van der Waals surface area contributed by atoms with Crippen molar-refractivity contribution in [3.8, 4) is 0 Å². The summed E-state index contributed by atoms with van der Waals surface area (Å²) in [6, 6.07) is 0.841. The van der Waals surface area contributed by atoms with E-state index in [1.165, 1.54) is 0 Å². The van der Waals surface area contributed by atoms with Gasteiger partial charge in [-0.25, -0.2) is 0 Å². The zero-order chi connectivity index (χ0) is 10.6. The highest BCUT2D eigenvalue weighted by Crippen LogP contribution is 2.25. The lowest BCUT2D eigenvalue weighted by molar-refractivity contribution is 0.0340. The summed E-state index contributed by atoms with van der Waals surface area (Å²) in [5.41, 5.74) is 0. The van der Waals surface area contributed by atoms with Gasteiger partial charge in [-0.15, -0.1) is 0 Å². The average molecular weight is 201 g/mol. The van der Waals surface area contributed by atoms with E-state index >= 15 is 0 Å². The maximum Gasteiger partial charge on any atom is 0.0695 e. The molecule has 2 atom stereocenters. The highest BCUT2D eigenvalue weighted by molar-refractivity contribution is 4.86. The largest absolute Gasteiger partial charge is 0.391 e. The van der Waals surface area contributed by atoms with Crippen molar-refractivity contribution < 1.29 is 9.84 Å². The molecule has 0 spiro atoms. The Morgan fingerprint density at radius 1 is 1.43 bits per heavy atom. The Morgan fingerprint density at radius 3 is 2.57 bits per heavy atom. The molecule has 3 heteroatoms. The van der Waals surface area contributed by atoms with E-state index in [4.69, 9.17) is 4.74 Å². The molecule has 0 unspecified atom stereocenters. The van der Waals surface area contributed by atoms with Crippen molar-refractivity contribution in [2.24, 2.45) is 0 Å². The van der Waals surface area contributed by atoms with E-state index in [1.54, 1.807) is 7.11 Å². The summed E-state index contributed by atoms with van der Waals surface area (Å²) >= 11 is 0. The van der Waals surface area contributed by atoms with Crippen molar-refractivity contribution >= 4 is 0 Å². The number of hydrogen-bond acceptors (Lipinski definition) is 3. The molecule has 1 rings (SSSR count). The summed E-state index contributed by atoms with van der Waals surface area (Å²) in [4.78, 5) is 2.36. The fraction of sp³-hybridized carbons (Fsp3) is 1.00. The van der Waals surface area contributed by atoms with Crippen LogP contribution in [-0.4, -0.2) is 48.5 Å². The first-order chi connectivity index (χ1) is 6.66. The third-order valence-electron chi connectivity index (χ3n) is 3.09. The summed E-state index contributed by atoms with van der Waals surface area (Å²) in [5, 5.41) is 9.83. The minimum Gasteiger partial charge on any atom is -0.391 e. The molecule has 84 valence electrons. The van der Waals surface area contributed by atoms with Crippen LogP contribution < -0.4 is 0 Å². The third-order valence-corrected chi connectivity index (χ3v) is 3.09. The van der Waals surface area contributed by atoms with Crippen LogP contribution in [0.25, 0.3) is 0 Å². The zero-order valence-electron chi connectivity index (χ0n) is 9.57. The molecule has 0 aromatic rings. The maximum absolute atomic E-state index is 9.83. The van der Waals surface area contributed by atoms with Crippen LogP contribution in [0.5, 0.6) is 0 Å². The van der Waals surface area contributed by atoms with Gasteiger partial charge in [0.25, 0.3) is 0 Å². The molecule has 0 aromatic heterocycles. The molecule has 0 amide bonds. The Balaban J connectivity index is 2.48. The second-order valence-electron chi connectivity index (χ2n) is 4.39. The standard InChI is InChI=1S/C11H23NO2/c1-9(2)12(7-8-14-3)10-5-4-6-11(10)13/h9-11,13H,4-8H2,1-3H3/t10-,11-/m0/s1. The Hall–Kier alpha value is -0.120. The van der Waals surface area contributed by atoms with Crippen molar-refractivity contribution in [1.29, 1.82) is 0 Å². The molecule has 1 N–H and O–H groups in total. The molecule has 0 aromatic carbocycles. The smallest absolute Gasteiger partial charge is 0.0695 e. The highest BCUT2D eigenvalue weighted by atomic mass is 16.5. The summed E-state index contributed by atoms with van der Waals surface area (Å²) in [5.74, 6) is 0. The van der Waals surface area contributed by atoms with E-state index in [-0.39, 0.29) is 6.10 Å². The van der Waals surface area contributed by atoms with Crippen LogP contribution in [0, 0.1) is 0 Å². The summed E-state index contributed by atoms with van der Waals surface area (Å²) in [7, 11) is 1.73. The van der Waals surface area contributed by atoms with Crippen LogP contribution in [0.1, 0.15) is 33.1 Å². The molecule has 0 radical (unpaired) electrons. The lowest BCUT2D eigenvalue weighted by atomic mass is 10.1. The van der Waals surface area contributed by atoms with Crippen LogP contribution in [0.2, 0.25) is 0 Å². The number of rotatable bonds is 5. The van der Waals surface area contributed by atoms with Gasteiger partial charge in [0.1, 0.15) is 0 Å². The van der Waals surface area contributed by atoms with Crippen LogP contribution in [0.4, 0.5) is 0 Å². The molecule has 1 saturated carbocycles. The number of methoxy groups -OCH3 is 1. The first-order valence-electron chi connectivity index (χ1n) is 5.59. The molecule has 0 heterocycles. The molecule has 0 saturated heterocycles. The van der Waals surface area contributed by atoms with Gasteiger partial charge in [0.2, 0.25) is 0 Å². The maximum atomic E-state index is 9.83. The van der Waals surface area contributed by atoms with E-state index < -0.39 is 0 Å². The lowest BCUT2D eigenvalue weighted by Crippen LogP contribution is -2.46. The number of ether oxygens (including phenoxy) is 1. The van der Waals surface area contributed by atoms with E-state index in [0.29, 0.717) is 12.1 Å². The normalized spacial score (nSPS) is 27.9. The molecule has 0 bridgehead atoms. The SMILES string of the molecule is COCCN(C(C)C)[C@H]1CCC[C@@H]1O. The van der Waals surface area contributed by atoms with Gasteiger partial charge in [-0.3, -0.25) is 4.90 Å². The van der Waals surface area contributed by atoms with Crippen molar-refractivity contribution in [3.05, 3.63) is 0 Å². The Labute approximate surface area is 87.1 Å². The molecular formula is C11H23NO2. The van der Waals surface area contributed by atoms with E-state index in [0.717, 1.165) is 32.4 Å². The van der Waals surface area contributed by atoms with Crippen LogP contribution >= 0.6 is 0 Å². The van der Waals surface area contributed by atoms with Crippen molar-refractivity contribution in [1.82, 2.24) is 4.90 Å². The van der Waals surface area contributed by atoms with Gasteiger partial charge in [0.15, 0.2) is 0 Å². The molecule has 14 heavy (non-hydrogen) atoms. The zero-order valence-corrected chi connectivity index (χ0v) is 9.57. The highest BCUT2D eigenvalue weighted by Gasteiger charge is 2.31. The Bertz CT molecular complexity index is 161. The third kappa shape index (κ3) is 2.94. The second kappa shape index (κ2) is 5.69. The number of aliphatic hydroxyl groups is 1. The van der Waals surface area contributed by atoms with Crippen LogP contribution in [0.15, 0.2) is 0 Å². The predicted octanol–water partition coefficient (Wildman–Crippen LogP) is 1.26. The van der Waals surface area contributed by atoms with Crippen molar-refractivity contribution in [2.75, 3.05) is 20.3 Å². The van der Waals surface area contributed by atoms with Crippen molar-refractivity contribution in [3.63, 3.8) is 0 Å².